The summed E-state index contributed by atoms with van der Waals surface area (Å²) in [5, 5.41) is 9.25. The zero-order chi connectivity index (χ0) is 14.0. The fourth-order valence-corrected chi connectivity index (χ4v) is 2.42. The summed E-state index contributed by atoms with van der Waals surface area (Å²) in [4.78, 5) is 13.0. The van der Waals surface area contributed by atoms with E-state index in [0.29, 0.717) is 13.1 Å². The molecule has 0 aromatic heterocycles. The highest BCUT2D eigenvalue weighted by Crippen LogP contribution is 2.27. The summed E-state index contributed by atoms with van der Waals surface area (Å²) in [6, 6.07) is 0.377. The van der Waals surface area contributed by atoms with Gasteiger partial charge >= 0.3 is 5.97 Å². The topological polar surface area (TPSA) is 40.5 Å². The van der Waals surface area contributed by atoms with Gasteiger partial charge < -0.3 is 5.11 Å². The molecular formula is C13H14F3NO2. The molecule has 1 aromatic rings. The molecule has 0 saturated carbocycles. The van der Waals surface area contributed by atoms with Crippen molar-refractivity contribution in [1.29, 1.82) is 0 Å². The van der Waals surface area contributed by atoms with Crippen molar-refractivity contribution >= 4 is 5.97 Å². The molecule has 3 nitrogen and oxygen atoms in total. The number of rotatable bonds is 3. The standard InChI is InChI=1S/C13H14F3NO2/c14-9-6-8(7-10(15)11(9)16)12(13(18)19)17-4-2-1-3-5-17/h6-7,12H,1-5H2,(H,18,19). The Bertz CT molecular complexity index is 464. The van der Waals surface area contributed by atoms with Crippen molar-refractivity contribution in [2.24, 2.45) is 0 Å². The highest BCUT2D eigenvalue weighted by atomic mass is 19.2. The fourth-order valence-electron chi connectivity index (χ4n) is 2.42. The van der Waals surface area contributed by atoms with Crippen LogP contribution in [0.1, 0.15) is 30.9 Å². The molecule has 19 heavy (non-hydrogen) atoms. The first-order valence-electron chi connectivity index (χ1n) is 6.12. The molecule has 6 heteroatoms. The van der Waals surface area contributed by atoms with Gasteiger partial charge in [-0.3, -0.25) is 9.69 Å². The third-order valence-corrected chi connectivity index (χ3v) is 3.31. The predicted octanol–water partition coefficient (Wildman–Crippen LogP) is 2.72. The van der Waals surface area contributed by atoms with E-state index in [1.54, 1.807) is 4.90 Å². The van der Waals surface area contributed by atoms with Crippen molar-refractivity contribution < 1.29 is 23.1 Å². The van der Waals surface area contributed by atoms with Crippen molar-refractivity contribution in [2.75, 3.05) is 13.1 Å². The van der Waals surface area contributed by atoms with E-state index in [2.05, 4.69) is 0 Å². The van der Waals surface area contributed by atoms with Crippen molar-refractivity contribution in [1.82, 2.24) is 4.90 Å². The minimum Gasteiger partial charge on any atom is -0.480 e. The summed E-state index contributed by atoms with van der Waals surface area (Å²) < 4.78 is 39.3. The van der Waals surface area contributed by atoms with Crippen LogP contribution < -0.4 is 0 Å². The molecule has 0 aliphatic carbocycles. The quantitative estimate of drug-likeness (QED) is 0.861. The summed E-state index contributed by atoms with van der Waals surface area (Å²) in [6.45, 7) is 1.11. The van der Waals surface area contributed by atoms with E-state index in [1.807, 2.05) is 0 Å². The molecule has 1 aromatic carbocycles. The van der Waals surface area contributed by atoms with E-state index in [9.17, 15) is 23.1 Å². The van der Waals surface area contributed by atoms with E-state index < -0.39 is 29.5 Å². The van der Waals surface area contributed by atoms with Crippen LogP contribution in [0.4, 0.5) is 13.2 Å². The maximum Gasteiger partial charge on any atom is 0.325 e. The normalized spacial score (nSPS) is 18.3. The number of carboxylic acids is 1. The summed E-state index contributed by atoms with van der Waals surface area (Å²) in [7, 11) is 0. The molecule has 1 atom stereocenters. The van der Waals surface area contributed by atoms with Gasteiger partial charge in [-0.05, 0) is 43.6 Å². The second-order valence-electron chi connectivity index (χ2n) is 4.64. The molecule has 0 radical (unpaired) electrons. The Morgan fingerprint density at radius 2 is 1.63 bits per heavy atom. The number of nitrogens with zero attached hydrogens (tertiary/aromatic N) is 1. The van der Waals surface area contributed by atoms with Gasteiger partial charge in [-0.15, -0.1) is 0 Å². The molecule has 1 N–H and O–H groups in total. The highest BCUT2D eigenvalue weighted by molar-refractivity contribution is 5.75. The molecule has 0 amide bonds. The summed E-state index contributed by atoms with van der Waals surface area (Å²) in [5.41, 5.74) is -0.0641. The van der Waals surface area contributed by atoms with Crippen LogP contribution in [-0.2, 0) is 4.79 Å². The van der Waals surface area contributed by atoms with E-state index in [0.717, 1.165) is 31.4 Å². The largest absolute Gasteiger partial charge is 0.480 e. The molecule has 1 aliphatic rings. The van der Waals surface area contributed by atoms with Gasteiger partial charge in [0, 0.05) is 0 Å². The number of piperidine rings is 1. The van der Waals surface area contributed by atoms with Gasteiger partial charge in [-0.25, -0.2) is 13.2 Å². The molecule has 1 fully saturated rings. The lowest BCUT2D eigenvalue weighted by molar-refractivity contribution is -0.144. The number of aliphatic carboxylic acids is 1. The van der Waals surface area contributed by atoms with Gasteiger partial charge in [-0.2, -0.15) is 0 Å². The Morgan fingerprint density at radius 1 is 1.11 bits per heavy atom. The van der Waals surface area contributed by atoms with Crippen molar-refractivity contribution in [3.63, 3.8) is 0 Å². The molecule has 0 spiro atoms. The van der Waals surface area contributed by atoms with Gasteiger partial charge in [0.15, 0.2) is 17.5 Å². The maximum absolute atomic E-state index is 13.2. The fraction of sp³-hybridized carbons (Fsp3) is 0.462. The Balaban J connectivity index is 2.36. The van der Waals surface area contributed by atoms with Crippen LogP contribution in [0, 0.1) is 17.5 Å². The lowest BCUT2D eigenvalue weighted by atomic mass is 10.0. The number of carboxylic acid groups (broad SMARTS) is 1. The molecule has 1 saturated heterocycles. The van der Waals surface area contributed by atoms with Gasteiger partial charge in [0.1, 0.15) is 6.04 Å². The molecule has 0 bridgehead atoms. The second kappa shape index (κ2) is 5.61. The van der Waals surface area contributed by atoms with Crippen LogP contribution in [0.25, 0.3) is 0 Å². The number of halogens is 3. The van der Waals surface area contributed by atoms with Crippen LogP contribution in [0.15, 0.2) is 12.1 Å². The number of carbonyl (C=O) groups is 1. The average Bonchev–Trinajstić information content (AvgIpc) is 2.37. The lowest BCUT2D eigenvalue weighted by Crippen LogP contribution is -2.38. The third-order valence-electron chi connectivity index (χ3n) is 3.31. The summed E-state index contributed by atoms with van der Waals surface area (Å²) >= 11 is 0. The SMILES string of the molecule is O=C(O)C(c1cc(F)c(F)c(F)c1)N1CCCCC1. The van der Waals surface area contributed by atoms with Crippen LogP contribution in [0.5, 0.6) is 0 Å². The van der Waals surface area contributed by atoms with Crippen molar-refractivity contribution in [3.05, 3.63) is 35.1 Å². The van der Waals surface area contributed by atoms with E-state index in [4.69, 9.17) is 0 Å². The average molecular weight is 273 g/mol. The minimum absolute atomic E-state index is 0.0641. The third kappa shape index (κ3) is 2.89. The molecule has 104 valence electrons. The molecular weight excluding hydrogens is 259 g/mol. The smallest absolute Gasteiger partial charge is 0.325 e. The van der Waals surface area contributed by atoms with Crippen LogP contribution in [-0.4, -0.2) is 29.1 Å². The molecule has 1 unspecified atom stereocenters. The number of benzene rings is 1. The Morgan fingerprint density at radius 3 is 2.11 bits per heavy atom. The van der Waals surface area contributed by atoms with E-state index in [-0.39, 0.29) is 5.56 Å². The minimum atomic E-state index is -1.58. The van der Waals surface area contributed by atoms with Crippen molar-refractivity contribution in [2.45, 2.75) is 25.3 Å². The van der Waals surface area contributed by atoms with Gasteiger partial charge in [-0.1, -0.05) is 6.42 Å². The highest BCUT2D eigenvalue weighted by Gasteiger charge is 2.30. The first-order chi connectivity index (χ1) is 9.00. The first kappa shape index (κ1) is 13.9. The summed E-state index contributed by atoms with van der Waals surface area (Å²) in [6.07, 6.45) is 2.70. The second-order valence-corrected chi connectivity index (χ2v) is 4.64. The Labute approximate surface area is 108 Å². The van der Waals surface area contributed by atoms with Gasteiger partial charge in [0.05, 0.1) is 0 Å². The van der Waals surface area contributed by atoms with Crippen LogP contribution in [0.3, 0.4) is 0 Å². The number of likely N-dealkylation sites (tertiary alicyclic amines) is 1. The number of hydrogen-bond donors (Lipinski definition) is 1. The Hall–Kier alpha value is -1.56. The van der Waals surface area contributed by atoms with Gasteiger partial charge in [0.2, 0.25) is 0 Å². The Kier molecular flexibility index (Phi) is 4.09. The van der Waals surface area contributed by atoms with Gasteiger partial charge in [0.25, 0.3) is 0 Å². The van der Waals surface area contributed by atoms with Crippen LogP contribution in [0.2, 0.25) is 0 Å². The monoisotopic (exact) mass is 273 g/mol. The van der Waals surface area contributed by atoms with Crippen molar-refractivity contribution in [3.8, 4) is 0 Å². The zero-order valence-corrected chi connectivity index (χ0v) is 10.2. The molecule has 1 heterocycles. The molecule has 1 aliphatic heterocycles. The first-order valence-corrected chi connectivity index (χ1v) is 6.12. The number of hydrogen-bond acceptors (Lipinski definition) is 2. The van der Waals surface area contributed by atoms with E-state index in [1.165, 1.54) is 0 Å². The predicted molar refractivity (Wildman–Crippen MR) is 62.1 cm³/mol. The van der Waals surface area contributed by atoms with E-state index >= 15 is 0 Å². The van der Waals surface area contributed by atoms with Crippen LogP contribution >= 0.6 is 0 Å². The zero-order valence-electron chi connectivity index (χ0n) is 10.2. The molecule has 2 rings (SSSR count). The maximum atomic E-state index is 13.2. The lowest BCUT2D eigenvalue weighted by Gasteiger charge is -2.32. The summed E-state index contributed by atoms with van der Waals surface area (Å²) in [5.74, 6) is -5.49.